The summed E-state index contributed by atoms with van der Waals surface area (Å²) < 4.78 is 0. The van der Waals surface area contributed by atoms with Crippen molar-refractivity contribution >= 4 is 23.4 Å². The Bertz CT molecular complexity index is 358. The van der Waals surface area contributed by atoms with Gasteiger partial charge in [0.2, 0.25) is 0 Å². The van der Waals surface area contributed by atoms with E-state index in [9.17, 15) is 4.79 Å². The van der Waals surface area contributed by atoms with E-state index >= 15 is 0 Å². The SMILES string of the molecule is CSCCCCCNc1cccnc1C(=O)O. The lowest BCUT2D eigenvalue weighted by atomic mass is 10.2. The largest absolute Gasteiger partial charge is 0.476 e. The molecule has 0 aromatic carbocycles. The number of thioether (sulfide) groups is 1. The molecule has 0 aliphatic heterocycles. The number of carboxylic acids is 1. The molecule has 0 radical (unpaired) electrons. The maximum Gasteiger partial charge on any atom is 0.356 e. The van der Waals surface area contributed by atoms with E-state index in [1.165, 1.54) is 18.4 Å². The zero-order valence-corrected chi connectivity index (χ0v) is 10.8. The minimum Gasteiger partial charge on any atom is -0.476 e. The van der Waals surface area contributed by atoms with Crippen LogP contribution in [-0.2, 0) is 0 Å². The van der Waals surface area contributed by atoms with Crippen molar-refractivity contribution in [1.82, 2.24) is 4.98 Å². The highest BCUT2D eigenvalue weighted by Gasteiger charge is 2.09. The normalized spacial score (nSPS) is 10.2. The van der Waals surface area contributed by atoms with Gasteiger partial charge in [0, 0.05) is 12.7 Å². The third kappa shape index (κ3) is 5.08. The van der Waals surface area contributed by atoms with Crippen LogP contribution < -0.4 is 5.32 Å². The Kier molecular flexibility index (Phi) is 6.47. The first-order chi connectivity index (χ1) is 8.25. The summed E-state index contributed by atoms with van der Waals surface area (Å²) in [6, 6.07) is 3.49. The molecule has 0 aliphatic carbocycles. The van der Waals surface area contributed by atoms with Crippen molar-refractivity contribution in [2.45, 2.75) is 19.3 Å². The molecule has 2 N–H and O–H groups in total. The number of aromatic carboxylic acids is 1. The highest BCUT2D eigenvalue weighted by Crippen LogP contribution is 2.12. The van der Waals surface area contributed by atoms with E-state index in [1.807, 2.05) is 11.8 Å². The Labute approximate surface area is 106 Å². The van der Waals surface area contributed by atoms with Crippen LogP contribution in [-0.4, -0.2) is 34.6 Å². The fraction of sp³-hybridized carbons (Fsp3) is 0.500. The van der Waals surface area contributed by atoms with Gasteiger partial charge in [-0.3, -0.25) is 0 Å². The molecule has 1 aromatic rings. The second-order valence-electron chi connectivity index (χ2n) is 3.68. The number of rotatable bonds is 8. The van der Waals surface area contributed by atoms with Gasteiger partial charge in [0.05, 0.1) is 5.69 Å². The summed E-state index contributed by atoms with van der Waals surface area (Å²) in [5.41, 5.74) is 0.696. The molecule has 0 bridgehead atoms. The fourth-order valence-corrected chi connectivity index (χ4v) is 1.98. The van der Waals surface area contributed by atoms with E-state index in [-0.39, 0.29) is 5.69 Å². The minimum absolute atomic E-state index is 0.0941. The average Bonchev–Trinajstić information content (AvgIpc) is 2.34. The summed E-state index contributed by atoms with van der Waals surface area (Å²) in [5.74, 6) is 0.197. The first-order valence-corrected chi connectivity index (χ1v) is 7.06. The van der Waals surface area contributed by atoms with E-state index in [0.29, 0.717) is 5.69 Å². The number of carboxylic acid groups (broad SMARTS) is 1. The lowest BCUT2D eigenvalue weighted by Crippen LogP contribution is -2.09. The van der Waals surface area contributed by atoms with Gasteiger partial charge in [0.1, 0.15) is 0 Å². The van der Waals surface area contributed by atoms with Crippen molar-refractivity contribution in [3.63, 3.8) is 0 Å². The number of hydrogen-bond donors (Lipinski definition) is 2. The molecule has 0 fully saturated rings. The standard InChI is InChI=1S/C12H18N2O2S/c1-17-9-4-2-3-7-13-10-6-5-8-14-11(10)12(15)16/h5-6,8,13H,2-4,7,9H2,1H3,(H,15,16). The molecule has 0 unspecified atom stereocenters. The van der Waals surface area contributed by atoms with Crippen LogP contribution >= 0.6 is 11.8 Å². The highest BCUT2D eigenvalue weighted by molar-refractivity contribution is 7.98. The second-order valence-corrected chi connectivity index (χ2v) is 4.67. The smallest absolute Gasteiger partial charge is 0.356 e. The average molecular weight is 254 g/mol. The molecule has 0 saturated carbocycles. The Balaban J connectivity index is 2.34. The van der Waals surface area contributed by atoms with E-state index < -0.39 is 5.97 Å². The molecule has 1 heterocycles. The molecule has 4 nitrogen and oxygen atoms in total. The molecular weight excluding hydrogens is 236 g/mol. The summed E-state index contributed by atoms with van der Waals surface area (Å²) >= 11 is 1.85. The van der Waals surface area contributed by atoms with Crippen molar-refractivity contribution in [3.05, 3.63) is 24.0 Å². The number of hydrogen-bond acceptors (Lipinski definition) is 4. The molecule has 0 atom stereocenters. The molecule has 17 heavy (non-hydrogen) atoms. The van der Waals surface area contributed by atoms with Crippen molar-refractivity contribution in [2.24, 2.45) is 0 Å². The van der Waals surface area contributed by atoms with Crippen LogP contribution in [0.15, 0.2) is 18.3 Å². The maximum absolute atomic E-state index is 10.9. The highest BCUT2D eigenvalue weighted by atomic mass is 32.2. The summed E-state index contributed by atoms with van der Waals surface area (Å²) in [6.07, 6.45) is 7.02. The van der Waals surface area contributed by atoms with Crippen molar-refractivity contribution in [2.75, 3.05) is 23.9 Å². The van der Waals surface area contributed by atoms with Crippen molar-refractivity contribution in [3.8, 4) is 0 Å². The van der Waals surface area contributed by atoms with Crippen LogP contribution in [0.2, 0.25) is 0 Å². The first kappa shape index (κ1) is 13.8. The number of nitrogens with one attached hydrogen (secondary N) is 1. The van der Waals surface area contributed by atoms with Gasteiger partial charge in [0.15, 0.2) is 5.69 Å². The summed E-state index contributed by atoms with van der Waals surface area (Å²) in [5, 5.41) is 12.1. The molecule has 0 amide bonds. The van der Waals surface area contributed by atoms with E-state index in [1.54, 1.807) is 12.1 Å². The van der Waals surface area contributed by atoms with Crippen LogP contribution in [0.1, 0.15) is 29.8 Å². The van der Waals surface area contributed by atoms with Gasteiger partial charge in [-0.2, -0.15) is 11.8 Å². The Morgan fingerprint density at radius 1 is 1.47 bits per heavy atom. The second kappa shape index (κ2) is 7.95. The number of unbranched alkanes of at least 4 members (excludes halogenated alkanes) is 2. The van der Waals surface area contributed by atoms with Gasteiger partial charge in [0.25, 0.3) is 0 Å². The predicted molar refractivity (Wildman–Crippen MR) is 71.9 cm³/mol. The summed E-state index contributed by atoms with van der Waals surface area (Å²) in [7, 11) is 0. The number of pyridine rings is 1. The third-order valence-corrected chi connectivity index (χ3v) is 3.05. The maximum atomic E-state index is 10.9. The molecule has 0 aliphatic rings. The van der Waals surface area contributed by atoms with Crippen LogP contribution in [0, 0.1) is 0 Å². The van der Waals surface area contributed by atoms with Crippen molar-refractivity contribution < 1.29 is 9.90 Å². The van der Waals surface area contributed by atoms with Gasteiger partial charge < -0.3 is 10.4 Å². The molecule has 1 aromatic heterocycles. The molecule has 94 valence electrons. The Morgan fingerprint density at radius 3 is 3.00 bits per heavy atom. The minimum atomic E-state index is -0.990. The predicted octanol–water partition coefficient (Wildman–Crippen LogP) is 2.73. The van der Waals surface area contributed by atoms with Gasteiger partial charge >= 0.3 is 5.97 Å². The number of anilines is 1. The zero-order chi connectivity index (χ0) is 12.5. The van der Waals surface area contributed by atoms with Gasteiger partial charge in [-0.1, -0.05) is 6.42 Å². The first-order valence-electron chi connectivity index (χ1n) is 5.67. The third-order valence-electron chi connectivity index (χ3n) is 2.35. The lowest BCUT2D eigenvalue weighted by molar-refractivity contribution is 0.0691. The summed E-state index contributed by atoms with van der Waals surface area (Å²) in [4.78, 5) is 14.7. The molecule has 0 spiro atoms. The van der Waals surface area contributed by atoms with Crippen molar-refractivity contribution in [1.29, 1.82) is 0 Å². The number of aromatic nitrogens is 1. The number of nitrogens with zero attached hydrogens (tertiary/aromatic N) is 1. The molecule has 0 saturated heterocycles. The fourth-order valence-electron chi connectivity index (χ4n) is 1.49. The number of carbonyl (C=O) groups is 1. The Morgan fingerprint density at radius 2 is 2.29 bits per heavy atom. The lowest BCUT2D eigenvalue weighted by Gasteiger charge is -2.08. The van der Waals surface area contributed by atoms with Crippen LogP contribution in [0.3, 0.4) is 0 Å². The van der Waals surface area contributed by atoms with E-state index in [4.69, 9.17) is 5.11 Å². The topological polar surface area (TPSA) is 62.2 Å². The summed E-state index contributed by atoms with van der Waals surface area (Å²) in [6.45, 7) is 0.792. The quantitative estimate of drug-likeness (QED) is 0.698. The zero-order valence-electron chi connectivity index (χ0n) is 9.98. The monoisotopic (exact) mass is 254 g/mol. The van der Waals surface area contributed by atoms with Gasteiger partial charge in [-0.25, -0.2) is 9.78 Å². The molecule has 5 heteroatoms. The molecular formula is C12H18N2O2S. The van der Waals surface area contributed by atoms with E-state index in [2.05, 4.69) is 16.6 Å². The van der Waals surface area contributed by atoms with Gasteiger partial charge in [-0.05, 0) is 37.0 Å². The van der Waals surface area contributed by atoms with Crippen LogP contribution in [0.25, 0.3) is 0 Å². The van der Waals surface area contributed by atoms with E-state index in [0.717, 1.165) is 19.4 Å². The van der Waals surface area contributed by atoms with Gasteiger partial charge in [-0.15, -0.1) is 0 Å². The van der Waals surface area contributed by atoms with Crippen LogP contribution in [0.4, 0.5) is 5.69 Å². The Hall–Kier alpha value is -1.23. The van der Waals surface area contributed by atoms with Crippen LogP contribution in [0.5, 0.6) is 0 Å². The molecule has 1 rings (SSSR count).